The van der Waals surface area contributed by atoms with Crippen molar-refractivity contribution >= 4 is 40.5 Å². The molecule has 4 aliphatic rings. The predicted molar refractivity (Wildman–Crippen MR) is 135 cm³/mol. The predicted octanol–water partition coefficient (Wildman–Crippen LogP) is 7.31. The van der Waals surface area contributed by atoms with Crippen LogP contribution in [0.2, 0.25) is 5.02 Å². The van der Waals surface area contributed by atoms with Gasteiger partial charge >= 0.3 is 5.97 Å². The molecule has 6 heteroatoms. The Labute approximate surface area is 203 Å². The molecule has 0 amide bonds. The van der Waals surface area contributed by atoms with E-state index in [1.54, 1.807) is 17.7 Å². The van der Waals surface area contributed by atoms with Gasteiger partial charge in [0, 0.05) is 16.8 Å². The van der Waals surface area contributed by atoms with E-state index in [4.69, 9.17) is 16.7 Å². The number of halogens is 1. The van der Waals surface area contributed by atoms with Crippen molar-refractivity contribution in [2.45, 2.75) is 37.5 Å². The van der Waals surface area contributed by atoms with E-state index in [2.05, 4.69) is 39.9 Å². The Morgan fingerprint density at radius 1 is 0.971 bits per heavy atom. The van der Waals surface area contributed by atoms with Crippen LogP contribution < -0.4 is 10.6 Å². The van der Waals surface area contributed by atoms with Gasteiger partial charge in [0.05, 0.1) is 10.7 Å². The summed E-state index contributed by atoms with van der Waals surface area (Å²) in [6, 6.07) is 19.1. The molecule has 1 heterocycles. The minimum Gasteiger partial charge on any atom is -0.477 e. The molecule has 2 fully saturated rings. The molecule has 2 aromatic carbocycles. The van der Waals surface area contributed by atoms with Gasteiger partial charge in [0.2, 0.25) is 0 Å². The van der Waals surface area contributed by atoms with Gasteiger partial charge in [0.25, 0.3) is 0 Å². The van der Waals surface area contributed by atoms with Crippen LogP contribution in [-0.4, -0.2) is 16.1 Å². The fourth-order valence-electron chi connectivity index (χ4n) is 6.36. The lowest BCUT2D eigenvalue weighted by Gasteiger charge is -2.52. The van der Waals surface area contributed by atoms with Gasteiger partial charge < -0.3 is 15.7 Å². The summed E-state index contributed by atoms with van der Waals surface area (Å²) in [6.45, 7) is 0. The lowest BCUT2D eigenvalue weighted by molar-refractivity contribution is 0.0690. The van der Waals surface area contributed by atoms with Crippen LogP contribution in [0.3, 0.4) is 0 Å². The van der Waals surface area contributed by atoms with Gasteiger partial charge in [0.1, 0.15) is 5.82 Å². The number of benzene rings is 2. The summed E-state index contributed by atoms with van der Waals surface area (Å²) in [5.41, 5.74) is 5.72. The number of aromatic nitrogens is 1. The molecule has 34 heavy (non-hydrogen) atoms. The monoisotopic (exact) mass is 471 g/mol. The number of carbonyl (C=O) groups is 1. The van der Waals surface area contributed by atoms with Crippen LogP contribution in [0.5, 0.6) is 0 Å². The van der Waals surface area contributed by atoms with Crippen molar-refractivity contribution in [3.8, 4) is 0 Å². The Kier molecular flexibility index (Phi) is 5.10. The first-order valence-electron chi connectivity index (χ1n) is 11.8. The Bertz CT molecular complexity index is 1300. The quantitative estimate of drug-likeness (QED) is 0.329. The van der Waals surface area contributed by atoms with Crippen molar-refractivity contribution in [3.63, 3.8) is 0 Å². The SMILES string of the molecule is O=C(O)c1cccc(Nc2cccc(Nc3ccc(C45C=C6CC(CC(C6)C4)C5)cc3Cl)c2)n1. The van der Waals surface area contributed by atoms with Gasteiger partial charge in [-0.15, -0.1) is 0 Å². The second-order valence-corrected chi connectivity index (χ2v) is 10.4. The lowest BCUT2D eigenvalue weighted by Crippen LogP contribution is -2.42. The summed E-state index contributed by atoms with van der Waals surface area (Å²) in [5.74, 6) is 1.10. The number of carboxylic acids is 1. The van der Waals surface area contributed by atoms with Crippen LogP contribution in [0.25, 0.3) is 0 Å². The van der Waals surface area contributed by atoms with Crippen LogP contribution >= 0.6 is 11.6 Å². The standard InChI is InChI=1S/C28H26ClN3O2/c29-23-12-20(28-14-17-9-18(15-28)11-19(10-17)16-28)7-8-24(23)30-21-3-1-4-22(13-21)31-26-6-2-5-25(32-26)27(33)34/h1-8,12-14,18-19,30H,9-11,15-16H2,(H,31,32)(H,33,34). The van der Waals surface area contributed by atoms with Gasteiger partial charge in [-0.05, 0) is 92.0 Å². The molecule has 0 saturated heterocycles. The van der Waals surface area contributed by atoms with E-state index in [1.807, 2.05) is 24.3 Å². The average molecular weight is 472 g/mol. The molecule has 4 aliphatic carbocycles. The second-order valence-electron chi connectivity index (χ2n) is 9.98. The van der Waals surface area contributed by atoms with Crippen molar-refractivity contribution in [2.24, 2.45) is 11.8 Å². The number of allylic oxidation sites excluding steroid dienone is 2. The molecule has 0 radical (unpaired) electrons. The Morgan fingerprint density at radius 2 is 1.71 bits per heavy atom. The van der Waals surface area contributed by atoms with Gasteiger partial charge in [-0.25, -0.2) is 9.78 Å². The van der Waals surface area contributed by atoms with E-state index >= 15 is 0 Å². The zero-order valence-electron chi connectivity index (χ0n) is 18.7. The first kappa shape index (κ1) is 21.2. The summed E-state index contributed by atoms with van der Waals surface area (Å²) in [6.07, 6.45) is 9.05. The number of hydrogen-bond acceptors (Lipinski definition) is 4. The Morgan fingerprint density at radius 3 is 2.41 bits per heavy atom. The second kappa shape index (κ2) is 8.17. The fraction of sp³-hybridized carbons (Fsp3) is 0.286. The summed E-state index contributed by atoms with van der Waals surface area (Å²) in [7, 11) is 0. The number of hydrogen-bond donors (Lipinski definition) is 3. The zero-order valence-corrected chi connectivity index (χ0v) is 19.5. The fourth-order valence-corrected chi connectivity index (χ4v) is 6.59. The van der Waals surface area contributed by atoms with Crippen molar-refractivity contribution < 1.29 is 9.90 Å². The highest BCUT2D eigenvalue weighted by atomic mass is 35.5. The molecule has 0 spiro atoms. The number of pyridine rings is 1. The molecule has 4 bridgehead atoms. The van der Waals surface area contributed by atoms with E-state index < -0.39 is 5.97 Å². The van der Waals surface area contributed by atoms with E-state index in [9.17, 15) is 4.79 Å². The molecule has 3 N–H and O–H groups in total. The van der Waals surface area contributed by atoms with Crippen molar-refractivity contribution in [1.29, 1.82) is 0 Å². The molecule has 1 aromatic heterocycles. The van der Waals surface area contributed by atoms with E-state index in [-0.39, 0.29) is 11.1 Å². The van der Waals surface area contributed by atoms with E-state index in [0.717, 1.165) is 33.9 Å². The van der Waals surface area contributed by atoms with Crippen LogP contribution in [0.15, 0.2) is 72.3 Å². The number of carboxylic acid groups (broad SMARTS) is 1. The van der Waals surface area contributed by atoms with Gasteiger partial charge in [-0.2, -0.15) is 0 Å². The normalized spacial score (nSPS) is 24.6. The number of anilines is 4. The number of aromatic carboxylic acids is 1. The smallest absolute Gasteiger partial charge is 0.354 e. The summed E-state index contributed by atoms with van der Waals surface area (Å²) in [5, 5.41) is 16.5. The van der Waals surface area contributed by atoms with Crippen LogP contribution in [-0.2, 0) is 5.41 Å². The van der Waals surface area contributed by atoms with Crippen LogP contribution in [0, 0.1) is 11.8 Å². The third kappa shape index (κ3) is 3.94. The Hall–Kier alpha value is -3.31. The maximum atomic E-state index is 11.2. The maximum Gasteiger partial charge on any atom is 0.354 e. The average Bonchev–Trinajstić information content (AvgIpc) is 2.80. The minimum absolute atomic E-state index is 0.000758. The highest BCUT2D eigenvalue weighted by Crippen LogP contribution is 2.57. The molecular weight excluding hydrogens is 446 g/mol. The first-order valence-corrected chi connectivity index (χ1v) is 12.2. The zero-order chi connectivity index (χ0) is 23.3. The topological polar surface area (TPSA) is 74.2 Å². The third-order valence-corrected chi connectivity index (χ3v) is 7.79. The molecule has 2 saturated carbocycles. The van der Waals surface area contributed by atoms with E-state index in [0.29, 0.717) is 5.82 Å². The number of nitrogens with zero attached hydrogens (tertiary/aromatic N) is 1. The molecule has 3 aromatic rings. The number of nitrogens with one attached hydrogen (secondary N) is 2. The lowest BCUT2D eigenvalue weighted by atomic mass is 9.52. The highest BCUT2D eigenvalue weighted by molar-refractivity contribution is 6.33. The van der Waals surface area contributed by atoms with Crippen LogP contribution in [0.4, 0.5) is 22.9 Å². The number of rotatable bonds is 6. The summed E-state index contributed by atoms with van der Waals surface area (Å²) in [4.78, 5) is 15.3. The Balaban J connectivity index is 1.21. The molecule has 172 valence electrons. The van der Waals surface area contributed by atoms with Crippen LogP contribution in [0.1, 0.15) is 48.2 Å². The molecule has 0 aliphatic heterocycles. The molecule has 2 atom stereocenters. The van der Waals surface area contributed by atoms with Gasteiger partial charge in [0.15, 0.2) is 5.69 Å². The molecule has 5 nitrogen and oxygen atoms in total. The van der Waals surface area contributed by atoms with Gasteiger partial charge in [-0.3, -0.25) is 0 Å². The summed E-state index contributed by atoms with van der Waals surface area (Å²) < 4.78 is 0. The molecule has 2 unspecified atom stereocenters. The van der Waals surface area contributed by atoms with Gasteiger partial charge in [-0.1, -0.05) is 41.4 Å². The highest BCUT2D eigenvalue weighted by Gasteiger charge is 2.47. The van der Waals surface area contributed by atoms with Crippen molar-refractivity contribution in [1.82, 2.24) is 4.98 Å². The summed E-state index contributed by atoms with van der Waals surface area (Å²) >= 11 is 6.77. The van der Waals surface area contributed by atoms with Crippen molar-refractivity contribution in [3.05, 3.63) is 88.6 Å². The van der Waals surface area contributed by atoms with E-state index in [1.165, 1.54) is 43.7 Å². The minimum atomic E-state index is -1.05. The third-order valence-electron chi connectivity index (χ3n) is 7.48. The molecule has 7 rings (SSSR count). The first-order chi connectivity index (χ1) is 16.5. The molecular formula is C28H26ClN3O2. The maximum absolute atomic E-state index is 11.2. The van der Waals surface area contributed by atoms with Crippen molar-refractivity contribution in [2.75, 3.05) is 10.6 Å². The largest absolute Gasteiger partial charge is 0.477 e.